The van der Waals surface area contributed by atoms with Crippen LogP contribution in [0.15, 0.2) is 64.9 Å². The van der Waals surface area contributed by atoms with Crippen molar-refractivity contribution in [2.24, 2.45) is 10.9 Å². The molecule has 0 radical (unpaired) electrons. The summed E-state index contributed by atoms with van der Waals surface area (Å²) in [7, 11) is 1.58. The third-order valence-corrected chi connectivity index (χ3v) is 5.37. The zero-order valence-corrected chi connectivity index (χ0v) is 17.7. The van der Waals surface area contributed by atoms with Crippen LogP contribution < -0.4 is 5.32 Å². The van der Waals surface area contributed by atoms with E-state index in [4.69, 9.17) is 21.3 Å². The first-order chi connectivity index (χ1) is 14.5. The van der Waals surface area contributed by atoms with Gasteiger partial charge in [0.25, 0.3) is 5.91 Å². The Balaban J connectivity index is 1.72. The third-order valence-electron chi connectivity index (χ3n) is 5.13. The molecule has 2 aromatic carbocycles. The van der Waals surface area contributed by atoms with Crippen LogP contribution in [0.5, 0.6) is 0 Å². The van der Waals surface area contributed by atoms with Crippen LogP contribution in [0.4, 0.5) is 5.95 Å². The third kappa shape index (κ3) is 4.24. The Morgan fingerprint density at radius 1 is 1.23 bits per heavy atom. The largest absolute Gasteiger partial charge is 0.494 e. The number of hydrogen-bond donors (Lipinski definition) is 2. The SMILES string of the molecule is CO/C1=C(\C(=O)Nc2nc3ccc(Cl)cc3[nH]2)CC(C)CCN=C1c1ccccc1. The van der Waals surface area contributed by atoms with Crippen molar-refractivity contribution in [3.8, 4) is 0 Å². The van der Waals surface area contributed by atoms with Gasteiger partial charge in [-0.05, 0) is 37.0 Å². The molecular formula is C23H23ClN4O2. The van der Waals surface area contributed by atoms with Crippen molar-refractivity contribution in [2.75, 3.05) is 19.0 Å². The molecule has 7 heteroatoms. The lowest BCUT2D eigenvalue weighted by molar-refractivity contribution is -0.113. The first-order valence-corrected chi connectivity index (χ1v) is 10.3. The Morgan fingerprint density at radius 2 is 2.03 bits per heavy atom. The van der Waals surface area contributed by atoms with Crippen LogP contribution in [0.2, 0.25) is 5.02 Å². The highest BCUT2D eigenvalue weighted by atomic mass is 35.5. The maximum Gasteiger partial charge on any atom is 0.257 e. The first kappa shape index (κ1) is 20.2. The van der Waals surface area contributed by atoms with E-state index in [2.05, 4.69) is 22.2 Å². The number of anilines is 1. The molecule has 1 atom stereocenters. The van der Waals surface area contributed by atoms with E-state index >= 15 is 0 Å². The maximum absolute atomic E-state index is 13.3. The number of imidazole rings is 1. The van der Waals surface area contributed by atoms with Crippen molar-refractivity contribution < 1.29 is 9.53 Å². The minimum Gasteiger partial charge on any atom is -0.494 e. The van der Waals surface area contributed by atoms with Crippen molar-refractivity contribution in [1.29, 1.82) is 0 Å². The number of fused-ring (bicyclic) bond motifs is 1. The van der Waals surface area contributed by atoms with Crippen LogP contribution in [-0.4, -0.2) is 35.2 Å². The Labute approximate surface area is 180 Å². The van der Waals surface area contributed by atoms with E-state index in [1.807, 2.05) is 36.4 Å². The molecule has 6 nitrogen and oxygen atoms in total. The van der Waals surface area contributed by atoms with E-state index in [1.165, 1.54) is 0 Å². The van der Waals surface area contributed by atoms with Crippen LogP contribution in [0.3, 0.4) is 0 Å². The minimum absolute atomic E-state index is 0.255. The zero-order chi connectivity index (χ0) is 21.1. The van der Waals surface area contributed by atoms with Gasteiger partial charge in [-0.15, -0.1) is 0 Å². The number of aliphatic imine (C=N–C) groups is 1. The smallest absolute Gasteiger partial charge is 0.257 e. The zero-order valence-electron chi connectivity index (χ0n) is 16.9. The lowest BCUT2D eigenvalue weighted by atomic mass is 9.92. The fourth-order valence-corrected chi connectivity index (χ4v) is 3.78. The highest BCUT2D eigenvalue weighted by Gasteiger charge is 2.26. The fraction of sp³-hybridized carbons (Fsp3) is 0.261. The van der Waals surface area contributed by atoms with Crippen molar-refractivity contribution in [2.45, 2.75) is 19.8 Å². The van der Waals surface area contributed by atoms with E-state index < -0.39 is 0 Å². The monoisotopic (exact) mass is 422 g/mol. The lowest BCUT2D eigenvalue weighted by Gasteiger charge is -2.21. The van der Waals surface area contributed by atoms with Gasteiger partial charge in [0.1, 0.15) is 5.71 Å². The van der Waals surface area contributed by atoms with Crippen molar-refractivity contribution in [3.63, 3.8) is 0 Å². The standard InChI is InChI=1S/C23H23ClN4O2/c1-14-10-11-25-20(15-6-4-3-5-7-15)21(30-2)17(12-14)22(29)28-23-26-18-9-8-16(24)13-19(18)27-23/h3-9,13-14H,10-12H2,1-2H3,(H2,26,27,28,29)/b21-17-,25-20?. The van der Waals surface area contributed by atoms with Crippen LogP contribution in [0.1, 0.15) is 25.3 Å². The summed E-state index contributed by atoms with van der Waals surface area (Å²) in [5, 5.41) is 3.49. The molecule has 2 N–H and O–H groups in total. The second kappa shape index (κ2) is 8.71. The normalized spacial score (nSPS) is 19.7. The number of aromatic amines is 1. The molecule has 4 rings (SSSR count). The number of amides is 1. The quantitative estimate of drug-likeness (QED) is 0.622. The molecular weight excluding hydrogens is 400 g/mol. The second-order valence-corrected chi connectivity index (χ2v) is 7.84. The molecule has 1 unspecified atom stereocenters. The number of H-pyrrole nitrogens is 1. The van der Waals surface area contributed by atoms with Crippen LogP contribution in [-0.2, 0) is 9.53 Å². The summed E-state index contributed by atoms with van der Waals surface area (Å²) in [6.07, 6.45) is 1.49. The van der Waals surface area contributed by atoms with E-state index in [1.54, 1.807) is 19.2 Å². The van der Waals surface area contributed by atoms with Crippen LogP contribution in [0.25, 0.3) is 11.0 Å². The predicted octanol–water partition coefficient (Wildman–Crippen LogP) is 4.97. The number of carbonyl (C=O) groups is 1. The summed E-state index contributed by atoms with van der Waals surface area (Å²) in [5.41, 5.74) is 3.68. The number of nitrogens with one attached hydrogen (secondary N) is 2. The van der Waals surface area contributed by atoms with E-state index in [9.17, 15) is 4.79 Å². The van der Waals surface area contributed by atoms with Gasteiger partial charge in [0.05, 0.1) is 23.7 Å². The molecule has 30 heavy (non-hydrogen) atoms. The Hall–Kier alpha value is -3.12. The van der Waals surface area contributed by atoms with E-state index in [0.29, 0.717) is 46.9 Å². The molecule has 0 spiro atoms. The number of benzene rings is 2. The number of methoxy groups -OCH3 is 1. The Morgan fingerprint density at radius 3 is 2.80 bits per heavy atom. The van der Waals surface area contributed by atoms with Gasteiger partial charge < -0.3 is 9.72 Å². The summed E-state index contributed by atoms with van der Waals surface area (Å²) in [6.45, 7) is 2.81. The average Bonchev–Trinajstić information content (AvgIpc) is 3.12. The Bertz CT molecular complexity index is 1130. The van der Waals surface area contributed by atoms with Gasteiger partial charge in [-0.2, -0.15) is 0 Å². The number of allylic oxidation sites excluding steroid dienone is 1. The molecule has 1 aliphatic heterocycles. The van der Waals surface area contributed by atoms with Gasteiger partial charge in [0.2, 0.25) is 5.95 Å². The molecule has 3 aromatic rings. The van der Waals surface area contributed by atoms with E-state index in [-0.39, 0.29) is 5.91 Å². The lowest BCUT2D eigenvalue weighted by Crippen LogP contribution is -2.24. The van der Waals surface area contributed by atoms with Crippen molar-refractivity contribution in [1.82, 2.24) is 9.97 Å². The average molecular weight is 423 g/mol. The number of nitrogens with zero attached hydrogens (tertiary/aromatic N) is 2. The highest BCUT2D eigenvalue weighted by Crippen LogP contribution is 2.26. The maximum atomic E-state index is 13.3. The molecule has 1 aliphatic rings. The van der Waals surface area contributed by atoms with Crippen LogP contribution >= 0.6 is 11.6 Å². The van der Waals surface area contributed by atoms with Crippen molar-refractivity contribution >= 4 is 40.2 Å². The molecule has 1 aromatic heterocycles. The summed E-state index contributed by atoms with van der Waals surface area (Å²) in [6, 6.07) is 15.1. The number of rotatable bonds is 4. The molecule has 0 saturated carbocycles. The number of carbonyl (C=O) groups excluding carboxylic acids is 1. The minimum atomic E-state index is -0.255. The first-order valence-electron chi connectivity index (χ1n) is 9.89. The molecule has 0 fully saturated rings. The van der Waals surface area contributed by atoms with Crippen molar-refractivity contribution in [3.05, 3.63) is 70.4 Å². The molecule has 1 amide bonds. The topological polar surface area (TPSA) is 79.4 Å². The van der Waals surface area contributed by atoms with Crippen LogP contribution in [0, 0.1) is 5.92 Å². The summed E-state index contributed by atoms with van der Waals surface area (Å²) in [4.78, 5) is 25.6. The van der Waals surface area contributed by atoms with Gasteiger partial charge in [-0.25, -0.2) is 4.98 Å². The molecule has 154 valence electrons. The molecule has 0 saturated heterocycles. The number of hydrogen-bond acceptors (Lipinski definition) is 4. The number of halogens is 1. The molecule has 0 bridgehead atoms. The number of aromatic nitrogens is 2. The highest BCUT2D eigenvalue weighted by molar-refractivity contribution is 6.31. The van der Waals surface area contributed by atoms with Gasteiger partial charge in [0, 0.05) is 17.1 Å². The van der Waals surface area contributed by atoms with E-state index in [0.717, 1.165) is 23.0 Å². The fourth-order valence-electron chi connectivity index (χ4n) is 3.61. The summed E-state index contributed by atoms with van der Waals surface area (Å²) in [5.74, 6) is 0.915. The Kier molecular flexibility index (Phi) is 5.86. The second-order valence-electron chi connectivity index (χ2n) is 7.41. The number of ether oxygens (including phenoxy) is 1. The summed E-state index contributed by atoms with van der Waals surface area (Å²) >= 11 is 6.04. The predicted molar refractivity (Wildman–Crippen MR) is 120 cm³/mol. The van der Waals surface area contributed by atoms with Gasteiger partial charge in [-0.1, -0.05) is 48.9 Å². The molecule has 0 aliphatic carbocycles. The summed E-state index contributed by atoms with van der Waals surface area (Å²) < 4.78 is 5.73. The van der Waals surface area contributed by atoms with Gasteiger partial charge in [0.15, 0.2) is 5.76 Å². The van der Waals surface area contributed by atoms with Gasteiger partial charge in [-0.3, -0.25) is 15.1 Å². The molecule has 2 heterocycles. The van der Waals surface area contributed by atoms with Gasteiger partial charge >= 0.3 is 0 Å².